The molecule has 1 aromatic heterocycles. The van der Waals surface area contributed by atoms with E-state index in [1.807, 2.05) is 0 Å². The van der Waals surface area contributed by atoms with E-state index in [1.165, 1.54) is 10.6 Å². The molecule has 2 aromatic rings. The lowest BCUT2D eigenvalue weighted by molar-refractivity contribution is 0.619. The molecule has 1 aromatic carbocycles. The molecule has 0 atom stereocenters. The van der Waals surface area contributed by atoms with Crippen LogP contribution in [-0.4, -0.2) is 9.55 Å². The monoisotopic (exact) mass is 225 g/mol. The highest BCUT2D eigenvalue weighted by atomic mass is 35.5. The lowest BCUT2D eigenvalue weighted by Crippen LogP contribution is -2.01. The molecular weight excluding hydrogens is 217 g/mol. The lowest BCUT2D eigenvalue weighted by Gasteiger charge is -2.05. The molecule has 2 rings (SSSR count). The molecule has 0 aliphatic rings. The average Bonchev–Trinajstić information content (AvgIpc) is 2.45. The van der Waals surface area contributed by atoms with Crippen LogP contribution < -0.4 is 5.73 Å². The number of nitrogens with zero attached hydrogens (tertiary/aromatic N) is 2. The van der Waals surface area contributed by atoms with Gasteiger partial charge in [-0.05, 0) is 25.1 Å². The number of imidazole rings is 1. The number of nitrogen functional groups attached to an aromatic ring is 1. The molecule has 0 radical (unpaired) electrons. The van der Waals surface area contributed by atoms with Gasteiger partial charge in [0.2, 0.25) is 5.95 Å². The van der Waals surface area contributed by atoms with Crippen molar-refractivity contribution in [1.82, 2.24) is 9.55 Å². The van der Waals surface area contributed by atoms with E-state index in [0.717, 1.165) is 5.69 Å². The highest BCUT2D eigenvalue weighted by Gasteiger charge is 2.09. The number of anilines is 1. The Hall–Kier alpha value is -1.55. The first-order valence-electron chi connectivity index (χ1n) is 4.35. The average molecular weight is 226 g/mol. The highest BCUT2D eigenvalue weighted by molar-refractivity contribution is 6.30. The van der Waals surface area contributed by atoms with Gasteiger partial charge in [0.15, 0.2) is 0 Å². The zero-order valence-electron chi connectivity index (χ0n) is 8.04. The van der Waals surface area contributed by atoms with Gasteiger partial charge in [0.1, 0.15) is 5.82 Å². The molecule has 0 bridgehead atoms. The van der Waals surface area contributed by atoms with E-state index in [4.69, 9.17) is 17.3 Å². The molecule has 0 saturated carbocycles. The van der Waals surface area contributed by atoms with Crippen molar-refractivity contribution in [3.63, 3.8) is 0 Å². The Morgan fingerprint density at radius 2 is 2.20 bits per heavy atom. The third-order valence-corrected chi connectivity index (χ3v) is 2.26. The van der Waals surface area contributed by atoms with Gasteiger partial charge in [0.05, 0.1) is 11.4 Å². The normalized spacial score (nSPS) is 10.6. The Kier molecular flexibility index (Phi) is 2.36. The number of benzene rings is 1. The van der Waals surface area contributed by atoms with Crippen LogP contribution in [0.2, 0.25) is 5.02 Å². The Morgan fingerprint density at radius 1 is 1.47 bits per heavy atom. The maximum atomic E-state index is 13.5. The van der Waals surface area contributed by atoms with Gasteiger partial charge in [-0.2, -0.15) is 0 Å². The van der Waals surface area contributed by atoms with Gasteiger partial charge in [0, 0.05) is 11.2 Å². The standard InChI is InChI=1S/C10H9ClFN3/c1-6-5-15(10(13)14-6)9-3-2-7(11)4-8(9)12/h2-5H,1H3,(H2,13,14). The molecule has 0 unspecified atom stereocenters. The Balaban J connectivity index is 2.59. The highest BCUT2D eigenvalue weighted by Crippen LogP contribution is 2.20. The predicted octanol–water partition coefficient (Wildman–Crippen LogP) is 2.56. The summed E-state index contributed by atoms with van der Waals surface area (Å²) >= 11 is 5.65. The number of hydrogen-bond acceptors (Lipinski definition) is 2. The van der Waals surface area contributed by atoms with E-state index in [2.05, 4.69) is 4.98 Å². The van der Waals surface area contributed by atoms with Crippen LogP contribution in [0.25, 0.3) is 5.69 Å². The Labute approximate surface area is 91.3 Å². The maximum Gasteiger partial charge on any atom is 0.205 e. The van der Waals surface area contributed by atoms with E-state index < -0.39 is 5.82 Å². The molecule has 0 fully saturated rings. The van der Waals surface area contributed by atoms with E-state index in [1.54, 1.807) is 25.3 Å². The molecule has 0 aliphatic carbocycles. The van der Waals surface area contributed by atoms with Crippen LogP contribution in [0.5, 0.6) is 0 Å². The zero-order chi connectivity index (χ0) is 11.0. The van der Waals surface area contributed by atoms with Crippen molar-refractivity contribution in [2.24, 2.45) is 0 Å². The van der Waals surface area contributed by atoms with Gasteiger partial charge >= 0.3 is 0 Å². The number of hydrogen-bond donors (Lipinski definition) is 1. The first-order chi connectivity index (χ1) is 7.08. The minimum Gasteiger partial charge on any atom is -0.369 e. The molecule has 0 aliphatic heterocycles. The van der Waals surface area contributed by atoms with Crippen molar-refractivity contribution in [2.45, 2.75) is 6.92 Å². The van der Waals surface area contributed by atoms with Crippen molar-refractivity contribution >= 4 is 17.5 Å². The second kappa shape index (κ2) is 3.55. The number of aromatic nitrogens is 2. The molecule has 0 saturated heterocycles. The molecule has 2 N–H and O–H groups in total. The van der Waals surface area contributed by atoms with Crippen molar-refractivity contribution in [2.75, 3.05) is 5.73 Å². The van der Waals surface area contributed by atoms with Gasteiger partial charge in [-0.15, -0.1) is 0 Å². The van der Waals surface area contributed by atoms with Gasteiger partial charge in [-0.1, -0.05) is 11.6 Å². The molecule has 78 valence electrons. The molecule has 0 spiro atoms. The SMILES string of the molecule is Cc1cn(-c2ccc(Cl)cc2F)c(N)n1. The van der Waals surface area contributed by atoms with Crippen LogP contribution in [0.4, 0.5) is 10.3 Å². The zero-order valence-corrected chi connectivity index (χ0v) is 8.79. The van der Waals surface area contributed by atoms with Gasteiger partial charge < -0.3 is 5.73 Å². The smallest absolute Gasteiger partial charge is 0.205 e. The summed E-state index contributed by atoms with van der Waals surface area (Å²) in [7, 11) is 0. The van der Waals surface area contributed by atoms with Crippen LogP contribution in [-0.2, 0) is 0 Å². The number of halogens is 2. The summed E-state index contributed by atoms with van der Waals surface area (Å²) in [6.07, 6.45) is 1.67. The maximum absolute atomic E-state index is 13.5. The topological polar surface area (TPSA) is 43.8 Å². The van der Waals surface area contributed by atoms with Crippen LogP contribution in [0.3, 0.4) is 0 Å². The second-order valence-corrected chi connectivity index (χ2v) is 3.64. The minimum absolute atomic E-state index is 0.258. The van der Waals surface area contributed by atoms with Gasteiger partial charge in [-0.25, -0.2) is 9.37 Å². The fraction of sp³-hybridized carbons (Fsp3) is 0.100. The third kappa shape index (κ3) is 1.80. The van der Waals surface area contributed by atoms with E-state index in [9.17, 15) is 4.39 Å². The summed E-state index contributed by atoms with van der Waals surface area (Å²) in [5.74, 6) is -0.166. The van der Waals surface area contributed by atoms with Gasteiger partial charge in [-0.3, -0.25) is 4.57 Å². The summed E-state index contributed by atoms with van der Waals surface area (Å²) < 4.78 is 15.0. The lowest BCUT2D eigenvalue weighted by atomic mass is 10.3. The summed E-state index contributed by atoms with van der Waals surface area (Å²) in [6, 6.07) is 4.41. The third-order valence-electron chi connectivity index (χ3n) is 2.02. The first kappa shape index (κ1) is 9.98. The molecule has 0 amide bonds. The summed E-state index contributed by atoms with van der Waals surface area (Å²) in [4.78, 5) is 3.99. The second-order valence-electron chi connectivity index (χ2n) is 3.21. The summed E-state index contributed by atoms with van der Waals surface area (Å²) in [5, 5.41) is 0.353. The molecule has 3 nitrogen and oxygen atoms in total. The van der Waals surface area contributed by atoms with E-state index in [0.29, 0.717) is 10.7 Å². The number of rotatable bonds is 1. The minimum atomic E-state index is -0.424. The van der Waals surface area contributed by atoms with E-state index in [-0.39, 0.29) is 5.95 Å². The molecule has 1 heterocycles. The molecular formula is C10H9ClFN3. The quantitative estimate of drug-likeness (QED) is 0.811. The van der Waals surface area contributed by atoms with Crippen molar-refractivity contribution in [3.8, 4) is 5.69 Å². The van der Waals surface area contributed by atoms with E-state index >= 15 is 0 Å². The van der Waals surface area contributed by atoms with Crippen molar-refractivity contribution in [1.29, 1.82) is 0 Å². The van der Waals surface area contributed by atoms with Crippen molar-refractivity contribution in [3.05, 3.63) is 40.9 Å². The predicted molar refractivity (Wildman–Crippen MR) is 57.7 cm³/mol. The largest absolute Gasteiger partial charge is 0.369 e. The fourth-order valence-corrected chi connectivity index (χ4v) is 1.54. The molecule has 15 heavy (non-hydrogen) atoms. The van der Waals surface area contributed by atoms with Crippen LogP contribution in [0, 0.1) is 12.7 Å². The summed E-state index contributed by atoms with van der Waals surface area (Å²) in [5.41, 5.74) is 6.72. The Bertz CT molecular complexity index is 507. The summed E-state index contributed by atoms with van der Waals surface area (Å²) in [6.45, 7) is 1.79. The fourth-order valence-electron chi connectivity index (χ4n) is 1.39. The van der Waals surface area contributed by atoms with Crippen LogP contribution >= 0.6 is 11.6 Å². The molecule has 5 heteroatoms. The Morgan fingerprint density at radius 3 is 2.73 bits per heavy atom. The number of aryl methyl sites for hydroxylation is 1. The van der Waals surface area contributed by atoms with Gasteiger partial charge in [0.25, 0.3) is 0 Å². The number of nitrogens with two attached hydrogens (primary N) is 1. The van der Waals surface area contributed by atoms with Crippen LogP contribution in [0.1, 0.15) is 5.69 Å². The van der Waals surface area contributed by atoms with Crippen molar-refractivity contribution < 1.29 is 4.39 Å². The first-order valence-corrected chi connectivity index (χ1v) is 4.72. The van der Waals surface area contributed by atoms with Crippen LogP contribution in [0.15, 0.2) is 24.4 Å².